The van der Waals surface area contributed by atoms with Gasteiger partial charge in [-0.25, -0.2) is 11.3 Å². The Morgan fingerprint density at radius 2 is 1.26 bits per heavy atom. The van der Waals surface area contributed by atoms with Gasteiger partial charge in [-0.15, -0.1) is 17.5 Å². The van der Waals surface area contributed by atoms with Crippen LogP contribution in [-0.2, 0) is 24.2 Å². The second kappa shape index (κ2) is 18.0. The minimum absolute atomic E-state index is 0. The van der Waals surface area contributed by atoms with Gasteiger partial charge in [-0.3, -0.25) is 6.08 Å². The van der Waals surface area contributed by atoms with Gasteiger partial charge in [-0.1, -0.05) is 113 Å². The van der Waals surface area contributed by atoms with Gasteiger partial charge in [0.1, 0.15) is 0 Å². The molecule has 0 saturated heterocycles. The molecule has 3 aliphatic carbocycles. The van der Waals surface area contributed by atoms with Gasteiger partial charge in [-0.05, 0) is 68.0 Å². The van der Waals surface area contributed by atoms with Crippen molar-refractivity contribution in [2.24, 2.45) is 11.8 Å². The van der Waals surface area contributed by atoms with Gasteiger partial charge >= 0.3 is 99.2 Å². The fraction of sp³-hybridized carbons (Fsp3) is 0.320. The molecule has 5 aromatic rings. The van der Waals surface area contributed by atoms with Crippen LogP contribution in [0, 0.1) is 44.6 Å². The van der Waals surface area contributed by atoms with E-state index in [1.165, 1.54) is 77.2 Å². The minimum atomic E-state index is -0.981. The van der Waals surface area contributed by atoms with Gasteiger partial charge in [0.05, 0.1) is 0 Å². The molecule has 0 aromatic heterocycles. The molecule has 0 radical (unpaired) electrons. The molecular weight excluding hydrogens is 791 g/mol. The first-order valence-corrected chi connectivity index (χ1v) is 24.0. The van der Waals surface area contributed by atoms with Crippen LogP contribution in [0.3, 0.4) is 0 Å². The van der Waals surface area contributed by atoms with Crippen LogP contribution in [0.5, 0.6) is 0 Å². The average Bonchev–Trinajstić information content (AvgIpc) is 3.80. The fourth-order valence-corrected chi connectivity index (χ4v) is 10.8. The van der Waals surface area contributed by atoms with Crippen molar-refractivity contribution in [3.05, 3.63) is 170 Å². The molecule has 4 heteroatoms. The number of fused-ring (bicyclic) bond motifs is 8. The van der Waals surface area contributed by atoms with Crippen molar-refractivity contribution in [1.29, 1.82) is 0 Å². The van der Waals surface area contributed by atoms with Crippen LogP contribution in [0.1, 0.15) is 103 Å². The summed E-state index contributed by atoms with van der Waals surface area (Å²) in [6, 6.07) is 32.8. The molecule has 0 fully saturated rings. The standard InChI is InChI=1S/C29H33.C13H10.C8H13Si.2ClH.Zr/c1-14-13-24-25(18(5)15(14)2)21(8)28-27-20(7)17(4)16(3)19(6)26(27)22-11-9-10-12-23(22)29(24)28;1-3-7-12(8-4-1)11-13-9-5-2-6-10-13;1-9(2,3)8-6-4-5-7-8;;;/h9-13,16-17,19,21H,1-8H3;1-10H;6-7H,4H2,1-3H3;2*1H;/q-1;;-1;;;+2/p-2. The van der Waals surface area contributed by atoms with Crippen LogP contribution in [-0.4, -0.2) is 11.3 Å². The van der Waals surface area contributed by atoms with E-state index < -0.39 is 8.07 Å². The Balaban J connectivity index is 0.000000216. The summed E-state index contributed by atoms with van der Waals surface area (Å²) < 4.78 is 1.42. The third-order valence-electron chi connectivity index (χ3n) is 12.4. The first-order valence-electron chi connectivity index (χ1n) is 19.2. The Labute approximate surface area is 355 Å². The Morgan fingerprint density at radius 3 is 1.76 bits per heavy atom. The maximum absolute atomic E-state index is 3.20. The number of allylic oxidation sites excluding steroid dienone is 4. The third-order valence-corrected chi connectivity index (χ3v) is 15.9. The summed E-state index contributed by atoms with van der Waals surface area (Å²) in [5, 5.41) is 4.49. The number of rotatable bonds is 3. The van der Waals surface area contributed by atoms with E-state index in [1.54, 1.807) is 33.4 Å². The van der Waals surface area contributed by atoms with E-state index in [4.69, 9.17) is 0 Å². The SMILES string of the molecule is C[Si](C)(C)C1=CC[C-]=C1.Cc1cc2c(c(C)c1C)C(C)c1c3c(c4ccccc4c1-2)C(C)C(C)C(C)[C-]3C.[Cl-].[Cl-].[Zr+2]=[C](c1ccccc1)c1ccccc1. The monoisotopic (exact) mass is 844 g/mol. The summed E-state index contributed by atoms with van der Waals surface area (Å²) in [7, 11) is -0.981. The molecule has 0 N–H and O–H groups in total. The van der Waals surface area contributed by atoms with Crippen molar-refractivity contribution in [1.82, 2.24) is 0 Å². The molecule has 54 heavy (non-hydrogen) atoms. The van der Waals surface area contributed by atoms with Crippen molar-refractivity contribution in [2.45, 2.75) is 93.3 Å². The number of halogens is 2. The average molecular weight is 847 g/mol. The molecule has 5 aromatic carbocycles. The first kappa shape index (κ1) is 44.0. The molecule has 4 unspecified atom stereocenters. The number of aryl methyl sites for hydroxylation is 1. The molecule has 8 rings (SSSR count). The molecule has 3 aliphatic rings. The van der Waals surface area contributed by atoms with Crippen LogP contribution < -0.4 is 24.8 Å². The molecule has 0 saturated carbocycles. The van der Waals surface area contributed by atoms with Crippen molar-refractivity contribution in [3.63, 3.8) is 0 Å². The summed E-state index contributed by atoms with van der Waals surface area (Å²) in [4.78, 5) is 0. The van der Waals surface area contributed by atoms with E-state index in [1.807, 2.05) is 0 Å². The summed E-state index contributed by atoms with van der Waals surface area (Å²) in [5.74, 6) is 3.94. The summed E-state index contributed by atoms with van der Waals surface area (Å²) >= 11 is 1.46. The quantitative estimate of drug-likeness (QED) is 0.130. The molecular formula is C50H56Cl2SiZr-2. The normalized spacial score (nSPS) is 19.1. The fourth-order valence-electron chi connectivity index (χ4n) is 8.73. The number of hydrogen-bond donors (Lipinski definition) is 0. The van der Waals surface area contributed by atoms with Crippen molar-refractivity contribution < 1.29 is 49.0 Å². The Kier molecular flexibility index (Phi) is 14.7. The van der Waals surface area contributed by atoms with E-state index in [0.717, 1.165) is 6.42 Å². The predicted octanol–water partition coefficient (Wildman–Crippen LogP) is 7.59. The van der Waals surface area contributed by atoms with Gasteiger partial charge in [0.15, 0.2) is 0 Å². The molecule has 0 bridgehead atoms. The van der Waals surface area contributed by atoms with Gasteiger partial charge in [0.25, 0.3) is 0 Å². The van der Waals surface area contributed by atoms with Crippen LogP contribution in [0.2, 0.25) is 19.6 Å². The summed E-state index contributed by atoms with van der Waals surface area (Å²) in [5.41, 5.74) is 16.4. The molecule has 0 aliphatic heterocycles. The molecule has 0 spiro atoms. The van der Waals surface area contributed by atoms with Crippen LogP contribution in [0.15, 0.2) is 108 Å². The molecule has 0 nitrogen and oxygen atoms in total. The van der Waals surface area contributed by atoms with Crippen molar-refractivity contribution >= 4 is 22.1 Å². The second-order valence-electron chi connectivity index (χ2n) is 16.4. The Bertz CT molecular complexity index is 2130. The van der Waals surface area contributed by atoms with Gasteiger partial charge in [0, 0.05) is 0 Å². The third kappa shape index (κ3) is 8.34. The number of benzene rings is 5. The second-order valence-corrected chi connectivity index (χ2v) is 22.7. The van der Waals surface area contributed by atoms with E-state index in [2.05, 4.69) is 184 Å². The van der Waals surface area contributed by atoms with Crippen molar-refractivity contribution in [3.8, 4) is 11.1 Å². The molecule has 280 valence electrons. The molecule has 0 heterocycles. The van der Waals surface area contributed by atoms with Gasteiger partial charge < -0.3 is 24.8 Å². The summed E-state index contributed by atoms with van der Waals surface area (Å²) in [6.45, 7) is 26.2. The predicted molar refractivity (Wildman–Crippen MR) is 226 cm³/mol. The van der Waals surface area contributed by atoms with Gasteiger partial charge in [0.2, 0.25) is 0 Å². The van der Waals surface area contributed by atoms with Gasteiger partial charge in [-0.2, -0.15) is 17.6 Å². The van der Waals surface area contributed by atoms with E-state index >= 15 is 0 Å². The zero-order valence-corrected chi connectivity index (χ0v) is 39.1. The zero-order chi connectivity index (χ0) is 37.5. The Morgan fingerprint density at radius 1 is 0.722 bits per heavy atom. The van der Waals surface area contributed by atoms with E-state index in [-0.39, 0.29) is 24.8 Å². The molecule has 4 atom stereocenters. The van der Waals surface area contributed by atoms with Crippen molar-refractivity contribution in [2.75, 3.05) is 0 Å². The Hall–Kier alpha value is -2.74. The zero-order valence-electron chi connectivity index (χ0n) is 34.1. The molecule has 0 amide bonds. The van der Waals surface area contributed by atoms with Crippen LogP contribution >= 0.6 is 0 Å². The van der Waals surface area contributed by atoms with E-state index in [9.17, 15) is 0 Å². The van der Waals surface area contributed by atoms with Crippen LogP contribution in [0.4, 0.5) is 0 Å². The van der Waals surface area contributed by atoms with E-state index in [0.29, 0.717) is 23.7 Å². The number of hydrogen-bond acceptors (Lipinski definition) is 0. The maximum atomic E-state index is 3.20. The first-order chi connectivity index (χ1) is 24.7. The topological polar surface area (TPSA) is 0 Å². The van der Waals surface area contributed by atoms with Crippen LogP contribution in [0.25, 0.3) is 21.9 Å². The summed E-state index contributed by atoms with van der Waals surface area (Å²) in [6.07, 6.45) is 8.69.